The molecule has 0 heterocycles. The Hall–Kier alpha value is -0.0400. The first-order valence-electron chi connectivity index (χ1n) is 5.22. The quantitative estimate of drug-likeness (QED) is 0.642. The molecule has 0 amide bonds. The Bertz CT molecular complexity index is 149. The van der Waals surface area contributed by atoms with Gasteiger partial charge in [0.1, 0.15) is 0 Å². The molecule has 3 atom stereocenters. The van der Waals surface area contributed by atoms with Crippen LogP contribution in [0.15, 0.2) is 0 Å². The van der Waals surface area contributed by atoms with Gasteiger partial charge >= 0.3 is 0 Å². The SMILES string of the molecule is CC(C)[C@H]1CC[C@@H](C)C[C@]1(C)N. The van der Waals surface area contributed by atoms with Gasteiger partial charge in [0.05, 0.1) is 0 Å². The summed E-state index contributed by atoms with van der Waals surface area (Å²) < 4.78 is 0. The van der Waals surface area contributed by atoms with Gasteiger partial charge in [-0.2, -0.15) is 0 Å². The second-order valence-electron chi connectivity index (χ2n) is 5.24. The molecule has 0 saturated heterocycles. The van der Waals surface area contributed by atoms with E-state index in [9.17, 15) is 0 Å². The molecule has 1 rings (SSSR count). The summed E-state index contributed by atoms with van der Waals surface area (Å²) in [7, 11) is 0. The van der Waals surface area contributed by atoms with Crippen LogP contribution in [0, 0.1) is 17.8 Å². The molecule has 0 spiro atoms. The van der Waals surface area contributed by atoms with Crippen molar-refractivity contribution < 1.29 is 0 Å². The predicted octanol–water partition coefficient (Wildman–Crippen LogP) is 2.80. The molecule has 1 heteroatoms. The van der Waals surface area contributed by atoms with Crippen molar-refractivity contribution in [1.29, 1.82) is 0 Å². The molecule has 12 heavy (non-hydrogen) atoms. The van der Waals surface area contributed by atoms with Crippen LogP contribution in [0.4, 0.5) is 0 Å². The first-order valence-corrected chi connectivity index (χ1v) is 5.22. The van der Waals surface area contributed by atoms with Crippen LogP contribution in [0.3, 0.4) is 0 Å². The molecule has 1 nitrogen and oxygen atoms in total. The highest BCUT2D eigenvalue weighted by atomic mass is 14.8. The Morgan fingerprint density at radius 2 is 1.92 bits per heavy atom. The summed E-state index contributed by atoms with van der Waals surface area (Å²) in [5.41, 5.74) is 6.40. The second-order valence-corrected chi connectivity index (χ2v) is 5.24. The van der Waals surface area contributed by atoms with Gasteiger partial charge in [0.15, 0.2) is 0 Å². The van der Waals surface area contributed by atoms with Crippen molar-refractivity contribution in [2.45, 2.75) is 52.5 Å². The van der Waals surface area contributed by atoms with Crippen LogP contribution in [-0.4, -0.2) is 5.54 Å². The lowest BCUT2D eigenvalue weighted by atomic mass is 9.66. The third kappa shape index (κ3) is 2.01. The fourth-order valence-electron chi connectivity index (χ4n) is 2.89. The molecule has 72 valence electrons. The highest BCUT2D eigenvalue weighted by Crippen LogP contribution is 2.38. The molecule has 1 saturated carbocycles. The molecular formula is C11H23N. The number of hydrogen-bond acceptors (Lipinski definition) is 1. The van der Waals surface area contributed by atoms with Crippen molar-refractivity contribution in [1.82, 2.24) is 0 Å². The van der Waals surface area contributed by atoms with Gasteiger partial charge in [-0.25, -0.2) is 0 Å². The minimum atomic E-state index is 0.0891. The minimum absolute atomic E-state index is 0.0891. The molecule has 0 bridgehead atoms. The summed E-state index contributed by atoms with van der Waals surface area (Å²) >= 11 is 0. The van der Waals surface area contributed by atoms with Crippen LogP contribution in [0.2, 0.25) is 0 Å². The molecule has 0 aromatic rings. The molecular weight excluding hydrogens is 146 g/mol. The van der Waals surface area contributed by atoms with E-state index < -0.39 is 0 Å². The molecule has 1 aliphatic carbocycles. The van der Waals surface area contributed by atoms with Gasteiger partial charge in [0.25, 0.3) is 0 Å². The summed E-state index contributed by atoms with van der Waals surface area (Å²) in [6.45, 7) is 9.15. The van der Waals surface area contributed by atoms with Crippen LogP contribution >= 0.6 is 0 Å². The molecule has 0 unspecified atom stereocenters. The monoisotopic (exact) mass is 169 g/mol. The lowest BCUT2D eigenvalue weighted by Crippen LogP contribution is -2.50. The fourth-order valence-corrected chi connectivity index (χ4v) is 2.89. The number of hydrogen-bond donors (Lipinski definition) is 1. The maximum absolute atomic E-state index is 6.31. The average Bonchev–Trinajstić information content (AvgIpc) is 1.82. The first-order chi connectivity index (χ1) is 5.43. The summed E-state index contributed by atoms with van der Waals surface area (Å²) in [5, 5.41) is 0. The molecule has 0 aliphatic heterocycles. The lowest BCUT2D eigenvalue weighted by molar-refractivity contribution is 0.124. The lowest BCUT2D eigenvalue weighted by Gasteiger charge is -2.43. The maximum Gasteiger partial charge on any atom is 0.0159 e. The van der Waals surface area contributed by atoms with Crippen molar-refractivity contribution in [3.05, 3.63) is 0 Å². The Kier molecular flexibility index (Phi) is 2.82. The molecule has 1 aliphatic rings. The summed E-state index contributed by atoms with van der Waals surface area (Å²) in [6.07, 6.45) is 3.90. The highest BCUT2D eigenvalue weighted by Gasteiger charge is 2.37. The molecule has 0 aromatic heterocycles. The van der Waals surface area contributed by atoms with Crippen LogP contribution in [0.5, 0.6) is 0 Å². The Morgan fingerprint density at radius 1 is 1.33 bits per heavy atom. The van der Waals surface area contributed by atoms with Crippen molar-refractivity contribution in [3.63, 3.8) is 0 Å². The standard InChI is InChI=1S/C11H23N/c1-8(2)10-6-5-9(3)7-11(10,4)12/h8-10H,5-7,12H2,1-4H3/t9-,10-,11+/m1/s1. The normalized spacial score (nSPS) is 43.5. The van der Waals surface area contributed by atoms with Gasteiger partial charge in [-0.1, -0.05) is 27.2 Å². The molecule has 2 N–H and O–H groups in total. The maximum atomic E-state index is 6.31. The van der Waals surface area contributed by atoms with E-state index in [-0.39, 0.29) is 5.54 Å². The Balaban J connectivity index is 2.64. The summed E-state index contributed by atoms with van der Waals surface area (Å²) in [5.74, 6) is 2.30. The van der Waals surface area contributed by atoms with E-state index in [0.717, 1.165) is 17.8 Å². The van der Waals surface area contributed by atoms with Crippen LogP contribution in [0.25, 0.3) is 0 Å². The van der Waals surface area contributed by atoms with Crippen molar-refractivity contribution >= 4 is 0 Å². The Labute approximate surface area is 76.7 Å². The van der Waals surface area contributed by atoms with E-state index in [1.807, 2.05) is 0 Å². The van der Waals surface area contributed by atoms with Crippen LogP contribution < -0.4 is 5.73 Å². The first kappa shape index (κ1) is 10.0. The van der Waals surface area contributed by atoms with Crippen molar-refractivity contribution in [2.75, 3.05) is 0 Å². The van der Waals surface area contributed by atoms with E-state index in [0.29, 0.717) is 0 Å². The molecule has 0 radical (unpaired) electrons. The third-order valence-corrected chi connectivity index (χ3v) is 3.41. The van der Waals surface area contributed by atoms with Gasteiger partial charge in [-0.3, -0.25) is 0 Å². The molecule has 1 fully saturated rings. The zero-order valence-corrected chi connectivity index (χ0v) is 8.93. The van der Waals surface area contributed by atoms with Gasteiger partial charge in [-0.05, 0) is 37.5 Å². The largest absolute Gasteiger partial charge is 0.325 e. The number of nitrogens with two attached hydrogens (primary N) is 1. The van der Waals surface area contributed by atoms with Crippen molar-refractivity contribution in [3.8, 4) is 0 Å². The topological polar surface area (TPSA) is 26.0 Å². The zero-order valence-electron chi connectivity index (χ0n) is 8.93. The van der Waals surface area contributed by atoms with E-state index >= 15 is 0 Å². The fraction of sp³-hybridized carbons (Fsp3) is 1.00. The van der Waals surface area contributed by atoms with Crippen LogP contribution in [-0.2, 0) is 0 Å². The van der Waals surface area contributed by atoms with Crippen LogP contribution in [0.1, 0.15) is 47.0 Å². The van der Waals surface area contributed by atoms with Gasteiger partial charge in [-0.15, -0.1) is 0 Å². The van der Waals surface area contributed by atoms with Crippen molar-refractivity contribution in [2.24, 2.45) is 23.5 Å². The Morgan fingerprint density at radius 3 is 2.33 bits per heavy atom. The zero-order chi connectivity index (χ0) is 9.35. The highest BCUT2D eigenvalue weighted by molar-refractivity contribution is 4.93. The molecule has 0 aromatic carbocycles. The van der Waals surface area contributed by atoms with E-state index in [4.69, 9.17) is 5.73 Å². The smallest absolute Gasteiger partial charge is 0.0159 e. The van der Waals surface area contributed by atoms with E-state index in [1.165, 1.54) is 19.3 Å². The van der Waals surface area contributed by atoms with Gasteiger partial charge in [0, 0.05) is 5.54 Å². The predicted molar refractivity (Wildman–Crippen MR) is 53.9 cm³/mol. The average molecular weight is 169 g/mol. The second kappa shape index (κ2) is 3.37. The van der Waals surface area contributed by atoms with Gasteiger partial charge in [0.2, 0.25) is 0 Å². The number of rotatable bonds is 1. The van der Waals surface area contributed by atoms with E-state index in [2.05, 4.69) is 27.7 Å². The third-order valence-electron chi connectivity index (χ3n) is 3.41. The summed E-state index contributed by atoms with van der Waals surface area (Å²) in [4.78, 5) is 0. The summed E-state index contributed by atoms with van der Waals surface area (Å²) in [6, 6.07) is 0. The minimum Gasteiger partial charge on any atom is -0.325 e. The van der Waals surface area contributed by atoms with Gasteiger partial charge < -0.3 is 5.73 Å². The van der Waals surface area contributed by atoms with E-state index in [1.54, 1.807) is 0 Å².